The SMILES string of the molecule is CCN(CC)S(=O)(=O)c1ccc(SCc2ccc([N+](=O)[O-])cc2)nc1. The van der Waals surface area contributed by atoms with Crippen molar-refractivity contribution in [3.05, 3.63) is 58.3 Å². The highest BCUT2D eigenvalue weighted by atomic mass is 32.2. The van der Waals surface area contributed by atoms with Gasteiger partial charge in [0.1, 0.15) is 4.90 Å². The molecule has 0 bridgehead atoms. The smallest absolute Gasteiger partial charge is 0.258 e. The van der Waals surface area contributed by atoms with Gasteiger partial charge in [-0.15, -0.1) is 11.8 Å². The number of sulfonamides is 1. The van der Waals surface area contributed by atoms with E-state index >= 15 is 0 Å². The van der Waals surface area contributed by atoms with E-state index in [1.54, 1.807) is 38.1 Å². The van der Waals surface area contributed by atoms with Crippen LogP contribution in [0.1, 0.15) is 19.4 Å². The minimum absolute atomic E-state index is 0.0536. The zero-order valence-corrected chi connectivity index (χ0v) is 15.6. The molecule has 0 aliphatic heterocycles. The Labute approximate surface area is 151 Å². The fourth-order valence-electron chi connectivity index (χ4n) is 2.19. The molecule has 0 saturated heterocycles. The van der Waals surface area contributed by atoms with Gasteiger partial charge in [0.2, 0.25) is 10.0 Å². The zero-order chi connectivity index (χ0) is 18.4. The van der Waals surface area contributed by atoms with E-state index in [1.807, 2.05) is 0 Å². The van der Waals surface area contributed by atoms with Gasteiger partial charge in [0.15, 0.2) is 0 Å². The predicted molar refractivity (Wildman–Crippen MR) is 97.0 cm³/mol. The van der Waals surface area contributed by atoms with E-state index in [0.717, 1.165) is 5.56 Å². The molecule has 0 saturated carbocycles. The van der Waals surface area contributed by atoms with E-state index in [4.69, 9.17) is 0 Å². The van der Waals surface area contributed by atoms with Gasteiger partial charge in [-0.25, -0.2) is 13.4 Å². The molecule has 0 spiro atoms. The summed E-state index contributed by atoms with van der Waals surface area (Å²) in [6.45, 7) is 4.41. The molecular weight excluding hydrogens is 362 g/mol. The van der Waals surface area contributed by atoms with Crippen LogP contribution < -0.4 is 0 Å². The van der Waals surface area contributed by atoms with Crippen molar-refractivity contribution in [2.24, 2.45) is 0 Å². The highest BCUT2D eigenvalue weighted by molar-refractivity contribution is 7.98. The first kappa shape index (κ1) is 19.4. The van der Waals surface area contributed by atoms with Crippen molar-refractivity contribution in [2.45, 2.75) is 29.5 Å². The molecule has 0 N–H and O–H groups in total. The molecule has 134 valence electrons. The van der Waals surface area contributed by atoms with Crippen LogP contribution in [0.2, 0.25) is 0 Å². The number of non-ortho nitro benzene ring substituents is 1. The summed E-state index contributed by atoms with van der Waals surface area (Å²) in [7, 11) is -3.50. The van der Waals surface area contributed by atoms with Crippen LogP contribution in [0.25, 0.3) is 0 Å². The quantitative estimate of drug-likeness (QED) is 0.396. The van der Waals surface area contributed by atoms with E-state index in [9.17, 15) is 18.5 Å². The van der Waals surface area contributed by atoms with Crippen LogP contribution in [0, 0.1) is 10.1 Å². The highest BCUT2D eigenvalue weighted by Gasteiger charge is 2.21. The lowest BCUT2D eigenvalue weighted by Gasteiger charge is -2.18. The third-order valence-corrected chi connectivity index (χ3v) is 6.63. The number of nitrogens with zero attached hydrogens (tertiary/aromatic N) is 3. The molecular formula is C16H19N3O4S2. The summed E-state index contributed by atoms with van der Waals surface area (Å²) in [5, 5.41) is 11.3. The van der Waals surface area contributed by atoms with Crippen molar-refractivity contribution in [1.82, 2.24) is 9.29 Å². The molecule has 9 heteroatoms. The van der Waals surface area contributed by atoms with Crippen molar-refractivity contribution >= 4 is 27.5 Å². The maximum absolute atomic E-state index is 12.4. The van der Waals surface area contributed by atoms with Crippen LogP contribution in [-0.4, -0.2) is 35.7 Å². The van der Waals surface area contributed by atoms with Gasteiger partial charge >= 0.3 is 0 Å². The summed E-state index contributed by atoms with van der Waals surface area (Å²) in [6, 6.07) is 9.55. The second-order valence-corrected chi connectivity index (χ2v) is 8.07. The Kier molecular flexibility index (Phi) is 6.51. The topological polar surface area (TPSA) is 93.4 Å². The Morgan fingerprint density at radius 3 is 2.24 bits per heavy atom. The number of pyridine rings is 1. The number of nitro groups is 1. The first-order valence-corrected chi connectivity index (χ1v) is 10.1. The monoisotopic (exact) mass is 381 g/mol. The zero-order valence-electron chi connectivity index (χ0n) is 14.0. The lowest BCUT2D eigenvalue weighted by molar-refractivity contribution is -0.384. The van der Waals surface area contributed by atoms with Crippen LogP contribution in [0.3, 0.4) is 0 Å². The number of benzene rings is 1. The summed E-state index contributed by atoms with van der Waals surface area (Å²) in [6.07, 6.45) is 1.37. The molecule has 2 aromatic rings. The molecule has 2 rings (SSSR count). The highest BCUT2D eigenvalue weighted by Crippen LogP contribution is 2.24. The van der Waals surface area contributed by atoms with Crippen molar-refractivity contribution < 1.29 is 13.3 Å². The van der Waals surface area contributed by atoms with E-state index in [-0.39, 0.29) is 10.6 Å². The summed E-state index contributed by atoms with van der Waals surface area (Å²) in [5.74, 6) is 0.590. The van der Waals surface area contributed by atoms with E-state index in [0.29, 0.717) is 23.9 Å². The minimum atomic E-state index is -3.50. The fraction of sp³-hybridized carbons (Fsp3) is 0.312. The Morgan fingerprint density at radius 1 is 1.12 bits per heavy atom. The van der Waals surface area contributed by atoms with Crippen molar-refractivity contribution in [1.29, 1.82) is 0 Å². The molecule has 7 nitrogen and oxygen atoms in total. The molecule has 0 unspecified atom stereocenters. The molecule has 1 aromatic heterocycles. The summed E-state index contributed by atoms with van der Waals surface area (Å²) in [5.41, 5.74) is 0.982. The molecule has 0 atom stereocenters. The van der Waals surface area contributed by atoms with Gasteiger partial charge in [0, 0.05) is 37.2 Å². The first-order chi connectivity index (χ1) is 11.9. The number of aromatic nitrogens is 1. The Hall–Kier alpha value is -1.97. The number of nitro benzene ring substituents is 1. The fourth-order valence-corrected chi connectivity index (χ4v) is 4.39. The Balaban J connectivity index is 2.04. The average Bonchev–Trinajstić information content (AvgIpc) is 2.61. The van der Waals surface area contributed by atoms with E-state index < -0.39 is 14.9 Å². The Morgan fingerprint density at radius 2 is 1.76 bits per heavy atom. The normalized spacial score (nSPS) is 11.6. The molecule has 0 aliphatic rings. The Bertz CT molecular complexity index is 817. The summed E-state index contributed by atoms with van der Waals surface area (Å²) >= 11 is 1.44. The molecule has 1 aromatic carbocycles. The lowest BCUT2D eigenvalue weighted by atomic mass is 10.2. The molecule has 0 radical (unpaired) electrons. The maximum Gasteiger partial charge on any atom is 0.269 e. The van der Waals surface area contributed by atoms with Crippen molar-refractivity contribution in [3.8, 4) is 0 Å². The predicted octanol–water partition coefficient (Wildman–Crippen LogP) is 3.31. The largest absolute Gasteiger partial charge is 0.269 e. The van der Waals surface area contributed by atoms with Crippen LogP contribution >= 0.6 is 11.8 Å². The number of hydrogen-bond acceptors (Lipinski definition) is 6. The summed E-state index contributed by atoms with van der Waals surface area (Å²) < 4.78 is 26.2. The van der Waals surface area contributed by atoms with E-state index in [2.05, 4.69) is 4.98 Å². The molecule has 25 heavy (non-hydrogen) atoms. The second-order valence-electron chi connectivity index (χ2n) is 5.13. The van der Waals surface area contributed by atoms with Gasteiger partial charge in [-0.1, -0.05) is 26.0 Å². The van der Waals surface area contributed by atoms with Crippen molar-refractivity contribution in [3.63, 3.8) is 0 Å². The standard InChI is InChI=1S/C16H19N3O4S2/c1-3-18(4-2)25(22,23)15-9-10-16(17-11-15)24-12-13-5-7-14(8-6-13)19(20)21/h5-11H,3-4,12H2,1-2H3. The molecule has 0 aliphatic carbocycles. The van der Waals surface area contributed by atoms with Crippen LogP contribution in [0.15, 0.2) is 52.5 Å². The third-order valence-electron chi connectivity index (χ3n) is 3.59. The number of rotatable bonds is 8. The first-order valence-electron chi connectivity index (χ1n) is 7.70. The average molecular weight is 381 g/mol. The number of thioether (sulfide) groups is 1. The van der Waals surface area contributed by atoms with E-state index in [1.165, 1.54) is 34.4 Å². The van der Waals surface area contributed by atoms with Crippen LogP contribution in [-0.2, 0) is 15.8 Å². The number of hydrogen-bond donors (Lipinski definition) is 0. The van der Waals surface area contributed by atoms with Crippen LogP contribution in [0.5, 0.6) is 0 Å². The molecule has 0 fully saturated rings. The van der Waals surface area contributed by atoms with Gasteiger partial charge < -0.3 is 0 Å². The van der Waals surface area contributed by atoms with Gasteiger partial charge in [-0.2, -0.15) is 4.31 Å². The summed E-state index contributed by atoms with van der Waals surface area (Å²) in [4.78, 5) is 14.6. The second kappa shape index (κ2) is 8.41. The maximum atomic E-state index is 12.4. The molecule has 0 amide bonds. The minimum Gasteiger partial charge on any atom is -0.258 e. The third kappa shape index (κ3) is 4.77. The lowest BCUT2D eigenvalue weighted by Crippen LogP contribution is -2.30. The van der Waals surface area contributed by atoms with Gasteiger partial charge in [-0.05, 0) is 17.7 Å². The molecule has 1 heterocycles. The van der Waals surface area contributed by atoms with Gasteiger partial charge in [0.25, 0.3) is 5.69 Å². The van der Waals surface area contributed by atoms with Gasteiger partial charge in [0.05, 0.1) is 9.95 Å². The van der Waals surface area contributed by atoms with Crippen molar-refractivity contribution in [2.75, 3.05) is 13.1 Å². The van der Waals surface area contributed by atoms with Gasteiger partial charge in [-0.3, -0.25) is 10.1 Å². The van der Waals surface area contributed by atoms with Crippen LogP contribution in [0.4, 0.5) is 5.69 Å².